The highest BCUT2D eigenvalue weighted by Gasteiger charge is 2.16. The molecule has 0 aliphatic carbocycles. The molecule has 0 bridgehead atoms. The van der Waals surface area contributed by atoms with Crippen molar-refractivity contribution in [2.45, 2.75) is 34.1 Å². The molecule has 0 spiro atoms. The van der Waals surface area contributed by atoms with Gasteiger partial charge in [0.05, 0.1) is 5.69 Å². The second kappa shape index (κ2) is 6.98. The fourth-order valence-corrected chi connectivity index (χ4v) is 2.13. The van der Waals surface area contributed by atoms with E-state index < -0.39 is 0 Å². The maximum absolute atomic E-state index is 4.62. The summed E-state index contributed by atoms with van der Waals surface area (Å²) >= 11 is 0. The van der Waals surface area contributed by atoms with Gasteiger partial charge in [-0.3, -0.25) is 0 Å². The molecule has 0 unspecified atom stereocenters. The van der Waals surface area contributed by atoms with E-state index >= 15 is 0 Å². The lowest BCUT2D eigenvalue weighted by molar-refractivity contribution is 1.05. The molecule has 1 aliphatic rings. The van der Waals surface area contributed by atoms with Crippen LogP contribution in [0.3, 0.4) is 0 Å². The minimum Gasteiger partial charge on any atom is -0.344 e. The van der Waals surface area contributed by atoms with Crippen molar-refractivity contribution in [3.8, 4) is 0 Å². The lowest BCUT2D eigenvalue weighted by atomic mass is 10.00. The molecule has 0 saturated carbocycles. The van der Waals surface area contributed by atoms with Crippen LogP contribution in [0.2, 0.25) is 0 Å². The van der Waals surface area contributed by atoms with Crippen LogP contribution in [0.1, 0.15) is 35.9 Å². The van der Waals surface area contributed by atoms with Crippen molar-refractivity contribution in [3.63, 3.8) is 0 Å². The van der Waals surface area contributed by atoms with Crippen LogP contribution >= 0.6 is 0 Å². The van der Waals surface area contributed by atoms with E-state index in [2.05, 4.69) is 59.8 Å². The van der Waals surface area contributed by atoms with Crippen LogP contribution in [-0.2, 0) is 0 Å². The Morgan fingerprint density at radius 1 is 1.09 bits per heavy atom. The Kier molecular flexibility index (Phi) is 5.04. The van der Waals surface area contributed by atoms with Crippen molar-refractivity contribution in [2.75, 3.05) is 0 Å². The van der Waals surface area contributed by atoms with Crippen LogP contribution in [0, 0.1) is 20.8 Å². The molecule has 0 atom stereocenters. The number of nitrogens with one attached hydrogen (secondary N) is 1. The maximum atomic E-state index is 4.62. The summed E-state index contributed by atoms with van der Waals surface area (Å²) in [5, 5.41) is 3.22. The molecule has 1 N–H and O–H groups in total. The molecule has 1 aromatic carbocycles. The van der Waals surface area contributed by atoms with Gasteiger partial charge in [0.1, 0.15) is 11.7 Å². The third kappa shape index (κ3) is 3.58. The molecule has 2 aromatic rings. The number of aryl methyl sites for hydroxylation is 2. The van der Waals surface area contributed by atoms with Gasteiger partial charge in [0.15, 0.2) is 0 Å². The van der Waals surface area contributed by atoms with E-state index in [0.29, 0.717) is 0 Å². The first-order chi connectivity index (χ1) is 10.5. The molecule has 1 aromatic heterocycles. The van der Waals surface area contributed by atoms with Crippen LogP contribution in [0.25, 0.3) is 5.70 Å². The van der Waals surface area contributed by atoms with E-state index in [0.717, 1.165) is 35.0 Å². The van der Waals surface area contributed by atoms with Gasteiger partial charge in [-0.25, -0.2) is 15.0 Å². The first-order valence-corrected chi connectivity index (χ1v) is 7.40. The van der Waals surface area contributed by atoms with Crippen molar-refractivity contribution in [1.82, 2.24) is 15.3 Å². The molecule has 4 heteroatoms. The number of aliphatic imine (C=N–C) groups is 1. The van der Waals surface area contributed by atoms with Crippen LogP contribution < -0.4 is 5.32 Å². The topological polar surface area (TPSA) is 50.2 Å². The van der Waals surface area contributed by atoms with Gasteiger partial charge >= 0.3 is 0 Å². The van der Waals surface area contributed by atoms with E-state index in [1.165, 1.54) is 11.1 Å². The van der Waals surface area contributed by atoms with Gasteiger partial charge in [-0.1, -0.05) is 25.6 Å². The van der Waals surface area contributed by atoms with Gasteiger partial charge in [0, 0.05) is 30.1 Å². The molecule has 1 aliphatic heterocycles. The summed E-state index contributed by atoms with van der Waals surface area (Å²) in [4.78, 5) is 12.4. The summed E-state index contributed by atoms with van der Waals surface area (Å²) in [6.07, 6.45) is 4.36. The number of fused-ring (bicyclic) bond motifs is 1. The summed E-state index contributed by atoms with van der Waals surface area (Å²) in [6.45, 7) is 12.2. The first-order valence-electron chi connectivity index (χ1n) is 7.40. The Balaban J connectivity index is 0.000000211. The van der Waals surface area contributed by atoms with E-state index in [1.54, 1.807) is 18.5 Å². The number of benzene rings is 1. The quantitative estimate of drug-likeness (QED) is 0.861. The number of nitrogens with zero attached hydrogens (tertiary/aromatic N) is 3. The van der Waals surface area contributed by atoms with Crippen molar-refractivity contribution < 1.29 is 0 Å². The van der Waals surface area contributed by atoms with Crippen molar-refractivity contribution >= 4 is 17.2 Å². The minimum atomic E-state index is 0.822. The molecule has 2 heterocycles. The van der Waals surface area contributed by atoms with Crippen LogP contribution in [0.15, 0.2) is 42.2 Å². The average Bonchev–Trinajstić information content (AvgIpc) is 2.52. The molecule has 114 valence electrons. The molecule has 4 nitrogen and oxygen atoms in total. The monoisotopic (exact) mass is 294 g/mol. The second-order valence-corrected chi connectivity index (χ2v) is 5.22. The third-order valence-electron chi connectivity index (χ3n) is 3.60. The van der Waals surface area contributed by atoms with Crippen molar-refractivity contribution in [3.05, 3.63) is 59.7 Å². The summed E-state index contributed by atoms with van der Waals surface area (Å²) in [5.41, 5.74) is 5.69. The Morgan fingerprint density at radius 3 is 2.32 bits per heavy atom. The molecule has 0 saturated heterocycles. The van der Waals surface area contributed by atoms with Crippen molar-refractivity contribution in [2.24, 2.45) is 4.99 Å². The molecular formula is C18H22N4. The Morgan fingerprint density at radius 2 is 1.77 bits per heavy atom. The number of aromatic nitrogens is 2. The highest BCUT2D eigenvalue weighted by molar-refractivity contribution is 5.98. The molecule has 0 amide bonds. The smallest absolute Gasteiger partial charge is 0.125 e. The number of hydrogen-bond acceptors (Lipinski definition) is 4. The van der Waals surface area contributed by atoms with E-state index in [4.69, 9.17) is 0 Å². The van der Waals surface area contributed by atoms with Crippen LogP contribution in [0.4, 0.5) is 5.69 Å². The van der Waals surface area contributed by atoms with E-state index in [1.807, 2.05) is 6.92 Å². The zero-order chi connectivity index (χ0) is 16.1. The van der Waals surface area contributed by atoms with Gasteiger partial charge in [0.25, 0.3) is 0 Å². The van der Waals surface area contributed by atoms with E-state index in [-0.39, 0.29) is 0 Å². The molecular weight excluding hydrogens is 272 g/mol. The number of rotatable bonds is 1. The standard InChI is InChI=1S/C13H16N2.C5H6N2/c1-5-12-14-10(4)11-7-6-8(2)9(3)13(11)15-12;1-5-6-3-2-4-7-5/h6-7H,4-5H2,1-3H3,(H,14,15);2-4H,1H3. The molecule has 0 fully saturated rings. The summed E-state index contributed by atoms with van der Waals surface area (Å²) in [6, 6.07) is 6.00. The first kappa shape index (κ1) is 15.9. The van der Waals surface area contributed by atoms with Gasteiger partial charge in [0.2, 0.25) is 0 Å². The summed E-state index contributed by atoms with van der Waals surface area (Å²) < 4.78 is 0. The largest absolute Gasteiger partial charge is 0.344 e. The predicted octanol–water partition coefficient (Wildman–Crippen LogP) is 4.10. The fraction of sp³-hybridized carbons (Fsp3) is 0.278. The van der Waals surface area contributed by atoms with Crippen LogP contribution in [0.5, 0.6) is 0 Å². The molecule has 0 radical (unpaired) electrons. The Labute approximate surface area is 132 Å². The Bertz CT molecular complexity index is 703. The van der Waals surface area contributed by atoms with Crippen LogP contribution in [-0.4, -0.2) is 15.8 Å². The second-order valence-electron chi connectivity index (χ2n) is 5.22. The normalized spacial score (nSPS) is 12.5. The minimum absolute atomic E-state index is 0.822. The highest BCUT2D eigenvalue weighted by atomic mass is 15.0. The van der Waals surface area contributed by atoms with Gasteiger partial charge in [-0.2, -0.15) is 0 Å². The maximum Gasteiger partial charge on any atom is 0.125 e. The zero-order valence-corrected chi connectivity index (χ0v) is 13.6. The number of amidine groups is 1. The average molecular weight is 294 g/mol. The van der Waals surface area contributed by atoms with Gasteiger partial charge < -0.3 is 5.32 Å². The summed E-state index contributed by atoms with van der Waals surface area (Å²) in [5.74, 6) is 1.82. The fourth-order valence-electron chi connectivity index (χ4n) is 2.13. The highest BCUT2D eigenvalue weighted by Crippen LogP contribution is 2.33. The number of hydrogen-bond donors (Lipinski definition) is 1. The predicted molar refractivity (Wildman–Crippen MR) is 92.2 cm³/mol. The SMILES string of the molecule is C=C1NC(CC)=Nc2c1ccc(C)c2C.Cc1ncccn1. The molecule has 22 heavy (non-hydrogen) atoms. The van der Waals surface area contributed by atoms with E-state index in [9.17, 15) is 0 Å². The molecule has 3 rings (SSSR count). The van der Waals surface area contributed by atoms with Gasteiger partial charge in [-0.15, -0.1) is 0 Å². The van der Waals surface area contributed by atoms with Crippen molar-refractivity contribution in [1.29, 1.82) is 0 Å². The lowest BCUT2D eigenvalue weighted by Crippen LogP contribution is -2.23. The Hall–Kier alpha value is -2.49. The zero-order valence-electron chi connectivity index (χ0n) is 13.6. The summed E-state index contributed by atoms with van der Waals surface area (Å²) in [7, 11) is 0. The lowest BCUT2D eigenvalue weighted by Gasteiger charge is -2.21. The third-order valence-corrected chi connectivity index (χ3v) is 3.60. The van der Waals surface area contributed by atoms with Gasteiger partial charge in [-0.05, 0) is 38.0 Å².